The second kappa shape index (κ2) is 7.97. The van der Waals surface area contributed by atoms with Crippen LogP contribution in [-0.2, 0) is 14.3 Å². The van der Waals surface area contributed by atoms with Crippen molar-refractivity contribution < 1.29 is 14.3 Å². The molecule has 1 aromatic rings. The fraction of sp³-hybridized carbons (Fsp3) is 0.579. The first-order valence-electron chi connectivity index (χ1n) is 9.01. The number of hydrogen-bond acceptors (Lipinski definition) is 4. The van der Waals surface area contributed by atoms with Gasteiger partial charge in [0.25, 0.3) is 0 Å². The SMILES string of the molecule is Cc1cccc(C)c1NC(=O)C1CC1C(=O)NCCN1CCOCC1. The van der Waals surface area contributed by atoms with Gasteiger partial charge in [-0.25, -0.2) is 0 Å². The Kier molecular flexibility index (Phi) is 5.71. The van der Waals surface area contributed by atoms with Gasteiger partial charge < -0.3 is 15.4 Å². The first-order valence-corrected chi connectivity index (χ1v) is 9.01. The van der Waals surface area contributed by atoms with Crippen molar-refractivity contribution >= 4 is 17.5 Å². The maximum Gasteiger partial charge on any atom is 0.228 e. The highest BCUT2D eigenvalue weighted by Crippen LogP contribution is 2.39. The maximum absolute atomic E-state index is 12.4. The first kappa shape index (κ1) is 17.9. The van der Waals surface area contributed by atoms with E-state index in [2.05, 4.69) is 15.5 Å². The molecule has 1 saturated heterocycles. The van der Waals surface area contributed by atoms with Crippen LogP contribution in [0.25, 0.3) is 0 Å². The van der Waals surface area contributed by atoms with Gasteiger partial charge in [0.05, 0.1) is 25.0 Å². The molecule has 2 fully saturated rings. The maximum atomic E-state index is 12.4. The molecule has 1 heterocycles. The summed E-state index contributed by atoms with van der Waals surface area (Å²) in [4.78, 5) is 26.9. The molecule has 136 valence electrons. The van der Waals surface area contributed by atoms with Crippen LogP contribution in [-0.4, -0.2) is 56.1 Å². The highest BCUT2D eigenvalue weighted by Gasteiger charge is 2.48. The van der Waals surface area contributed by atoms with Gasteiger partial charge in [-0.2, -0.15) is 0 Å². The first-order chi connectivity index (χ1) is 12.1. The molecular formula is C19H27N3O3. The number of ether oxygens (including phenoxy) is 1. The summed E-state index contributed by atoms with van der Waals surface area (Å²) >= 11 is 0. The van der Waals surface area contributed by atoms with E-state index in [0.717, 1.165) is 49.7 Å². The third-order valence-electron chi connectivity index (χ3n) is 5.02. The lowest BCUT2D eigenvalue weighted by Crippen LogP contribution is -2.41. The Labute approximate surface area is 148 Å². The molecule has 2 unspecified atom stereocenters. The average Bonchev–Trinajstić information content (AvgIpc) is 3.40. The minimum absolute atomic E-state index is 0.00471. The smallest absolute Gasteiger partial charge is 0.228 e. The Morgan fingerprint density at radius 2 is 1.76 bits per heavy atom. The van der Waals surface area contributed by atoms with E-state index >= 15 is 0 Å². The molecule has 2 atom stereocenters. The van der Waals surface area contributed by atoms with Crippen molar-refractivity contribution in [1.82, 2.24) is 10.2 Å². The zero-order valence-corrected chi connectivity index (χ0v) is 15.0. The molecule has 0 radical (unpaired) electrons. The summed E-state index contributed by atoms with van der Waals surface area (Å²) in [7, 11) is 0. The lowest BCUT2D eigenvalue weighted by molar-refractivity contribution is -0.125. The zero-order chi connectivity index (χ0) is 17.8. The molecule has 1 aliphatic heterocycles. The number of amides is 2. The number of carbonyl (C=O) groups is 2. The van der Waals surface area contributed by atoms with Gasteiger partial charge in [-0.3, -0.25) is 14.5 Å². The topological polar surface area (TPSA) is 70.7 Å². The molecule has 0 bridgehead atoms. The second-order valence-electron chi connectivity index (χ2n) is 6.95. The molecule has 6 nitrogen and oxygen atoms in total. The van der Waals surface area contributed by atoms with Gasteiger partial charge in [-0.05, 0) is 31.4 Å². The monoisotopic (exact) mass is 345 g/mol. The van der Waals surface area contributed by atoms with Crippen molar-refractivity contribution in [2.45, 2.75) is 20.3 Å². The molecule has 6 heteroatoms. The largest absolute Gasteiger partial charge is 0.379 e. The lowest BCUT2D eigenvalue weighted by Gasteiger charge is -2.26. The van der Waals surface area contributed by atoms with Gasteiger partial charge in [-0.15, -0.1) is 0 Å². The fourth-order valence-electron chi connectivity index (χ4n) is 3.30. The Morgan fingerprint density at radius 3 is 2.44 bits per heavy atom. The summed E-state index contributed by atoms with van der Waals surface area (Å²) in [5.41, 5.74) is 2.95. The predicted octanol–water partition coefficient (Wildman–Crippen LogP) is 1.33. The Morgan fingerprint density at radius 1 is 1.12 bits per heavy atom. The van der Waals surface area contributed by atoms with Gasteiger partial charge in [0.1, 0.15) is 0 Å². The third kappa shape index (κ3) is 4.58. The van der Waals surface area contributed by atoms with Crippen molar-refractivity contribution in [3.8, 4) is 0 Å². The van der Waals surface area contributed by atoms with E-state index in [9.17, 15) is 9.59 Å². The zero-order valence-electron chi connectivity index (χ0n) is 15.0. The van der Waals surface area contributed by atoms with Crippen LogP contribution in [0.2, 0.25) is 0 Å². The van der Waals surface area contributed by atoms with Crippen LogP contribution in [0.1, 0.15) is 17.5 Å². The Hall–Kier alpha value is -1.92. The number of para-hydroxylation sites is 1. The molecule has 3 rings (SSSR count). The number of nitrogens with zero attached hydrogens (tertiary/aromatic N) is 1. The van der Waals surface area contributed by atoms with E-state index in [1.54, 1.807) is 0 Å². The molecule has 1 aliphatic carbocycles. The molecular weight excluding hydrogens is 318 g/mol. The van der Waals surface area contributed by atoms with Crippen LogP contribution in [0.5, 0.6) is 0 Å². The molecule has 0 aromatic heterocycles. The van der Waals surface area contributed by atoms with Crippen molar-refractivity contribution in [1.29, 1.82) is 0 Å². The van der Waals surface area contributed by atoms with E-state index < -0.39 is 0 Å². The van der Waals surface area contributed by atoms with Crippen molar-refractivity contribution in [2.24, 2.45) is 11.8 Å². The Bertz CT molecular complexity index is 621. The summed E-state index contributed by atoms with van der Waals surface area (Å²) in [6.45, 7) is 8.77. The van der Waals surface area contributed by atoms with Crippen LogP contribution in [0.15, 0.2) is 18.2 Å². The highest BCUT2D eigenvalue weighted by molar-refractivity contribution is 6.00. The van der Waals surface area contributed by atoms with Crippen molar-refractivity contribution in [3.05, 3.63) is 29.3 Å². The van der Waals surface area contributed by atoms with E-state index in [-0.39, 0.29) is 23.7 Å². The number of hydrogen-bond donors (Lipinski definition) is 2. The summed E-state index contributed by atoms with van der Waals surface area (Å²) in [5, 5.41) is 5.95. The predicted molar refractivity (Wildman–Crippen MR) is 96.4 cm³/mol. The number of carbonyl (C=O) groups excluding carboxylic acids is 2. The van der Waals surface area contributed by atoms with Crippen LogP contribution in [0.4, 0.5) is 5.69 Å². The van der Waals surface area contributed by atoms with Gasteiger partial charge in [0.2, 0.25) is 11.8 Å². The average molecular weight is 345 g/mol. The molecule has 1 aromatic carbocycles. The lowest BCUT2D eigenvalue weighted by atomic mass is 10.1. The number of aryl methyl sites for hydroxylation is 2. The molecule has 25 heavy (non-hydrogen) atoms. The van der Waals surface area contributed by atoms with Crippen LogP contribution >= 0.6 is 0 Å². The molecule has 2 aliphatic rings. The molecule has 2 amide bonds. The van der Waals surface area contributed by atoms with Gasteiger partial charge in [0, 0.05) is 31.9 Å². The minimum atomic E-state index is -0.206. The third-order valence-corrected chi connectivity index (χ3v) is 5.02. The summed E-state index contributed by atoms with van der Waals surface area (Å²) in [6.07, 6.45) is 0.639. The van der Waals surface area contributed by atoms with Crippen LogP contribution in [0, 0.1) is 25.7 Å². The number of morpholine rings is 1. The highest BCUT2D eigenvalue weighted by atomic mass is 16.5. The molecule has 2 N–H and O–H groups in total. The summed E-state index contributed by atoms with van der Waals surface area (Å²) in [5.74, 6) is -0.447. The summed E-state index contributed by atoms with van der Waals surface area (Å²) in [6, 6.07) is 5.93. The quantitative estimate of drug-likeness (QED) is 0.816. The minimum Gasteiger partial charge on any atom is -0.379 e. The van der Waals surface area contributed by atoms with Gasteiger partial charge >= 0.3 is 0 Å². The van der Waals surface area contributed by atoms with E-state index in [1.807, 2.05) is 32.0 Å². The van der Waals surface area contributed by atoms with E-state index in [0.29, 0.717) is 13.0 Å². The summed E-state index contributed by atoms with van der Waals surface area (Å²) < 4.78 is 5.31. The van der Waals surface area contributed by atoms with E-state index in [4.69, 9.17) is 4.74 Å². The number of benzene rings is 1. The fourth-order valence-corrected chi connectivity index (χ4v) is 3.30. The van der Waals surface area contributed by atoms with Crippen LogP contribution in [0.3, 0.4) is 0 Å². The van der Waals surface area contributed by atoms with Gasteiger partial charge in [-0.1, -0.05) is 18.2 Å². The normalized spacial score (nSPS) is 23.1. The standard InChI is InChI=1S/C19H27N3O3/c1-13-4-3-5-14(2)17(13)21-19(24)16-12-15(16)18(23)20-6-7-22-8-10-25-11-9-22/h3-5,15-16H,6-12H2,1-2H3,(H,20,23)(H,21,24). The molecule has 1 saturated carbocycles. The number of nitrogens with one attached hydrogen (secondary N) is 2. The number of anilines is 1. The van der Waals surface area contributed by atoms with Crippen molar-refractivity contribution in [3.63, 3.8) is 0 Å². The molecule has 0 spiro atoms. The Balaban J connectivity index is 1.42. The van der Waals surface area contributed by atoms with Gasteiger partial charge in [0.15, 0.2) is 0 Å². The van der Waals surface area contributed by atoms with Crippen molar-refractivity contribution in [2.75, 3.05) is 44.7 Å². The van der Waals surface area contributed by atoms with Crippen LogP contribution < -0.4 is 10.6 Å². The second-order valence-corrected chi connectivity index (χ2v) is 6.95. The van der Waals surface area contributed by atoms with E-state index in [1.165, 1.54) is 0 Å². The number of rotatable bonds is 6.